The SMILES string of the molecule is CC(C)(C)c1c(Br)c2ccc3cccc4ccc(c1Br)c2c34. The molecule has 0 atom stereocenters. The summed E-state index contributed by atoms with van der Waals surface area (Å²) in [5.74, 6) is 0. The van der Waals surface area contributed by atoms with Crippen molar-refractivity contribution < 1.29 is 0 Å². The minimum Gasteiger partial charge on any atom is -0.0610 e. The van der Waals surface area contributed by atoms with E-state index in [1.54, 1.807) is 0 Å². The van der Waals surface area contributed by atoms with E-state index in [9.17, 15) is 0 Å². The maximum absolute atomic E-state index is 3.88. The fourth-order valence-corrected chi connectivity index (χ4v) is 5.99. The van der Waals surface area contributed by atoms with Crippen LogP contribution >= 0.6 is 31.9 Å². The molecule has 0 spiro atoms. The van der Waals surface area contributed by atoms with Gasteiger partial charge < -0.3 is 0 Å². The summed E-state index contributed by atoms with van der Waals surface area (Å²) >= 11 is 7.77. The Bertz CT molecular complexity index is 953. The minimum absolute atomic E-state index is 0.0715. The number of rotatable bonds is 0. The topological polar surface area (TPSA) is 0 Å². The zero-order valence-corrected chi connectivity index (χ0v) is 16.0. The van der Waals surface area contributed by atoms with Crippen LogP contribution in [0.5, 0.6) is 0 Å². The summed E-state index contributed by atoms with van der Waals surface area (Å²) in [5, 5.41) is 7.91. The van der Waals surface area contributed by atoms with Gasteiger partial charge in [-0.3, -0.25) is 0 Å². The maximum atomic E-state index is 3.88. The van der Waals surface area contributed by atoms with Crippen molar-refractivity contribution >= 4 is 64.2 Å². The Balaban J connectivity index is 2.36. The predicted octanol–water partition coefficient (Wildman–Crippen LogP) is 7.41. The van der Waals surface area contributed by atoms with Crippen LogP contribution in [-0.4, -0.2) is 0 Å². The largest absolute Gasteiger partial charge is 0.0610 e. The molecule has 0 radical (unpaired) electrons. The molecule has 4 rings (SSSR count). The van der Waals surface area contributed by atoms with E-state index in [0.29, 0.717) is 0 Å². The molecule has 0 amide bonds. The lowest BCUT2D eigenvalue weighted by molar-refractivity contribution is 0.586. The highest BCUT2D eigenvalue weighted by molar-refractivity contribution is 9.11. The molecule has 0 bridgehead atoms. The molecule has 110 valence electrons. The quantitative estimate of drug-likeness (QED) is 0.262. The Morgan fingerprint density at radius 1 is 0.682 bits per heavy atom. The van der Waals surface area contributed by atoms with Crippen LogP contribution in [0, 0.1) is 0 Å². The van der Waals surface area contributed by atoms with Gasteiger partial charge in [-0.1, -0.05) is 63.2 Å². The molecule has 0 N–H and O–H groups in total. The Kier molecular flexibility index (Phi) is 3.08. The van der Waals surface area contributed by atoms with E-state index < -0.39 is 0 Å². The summed E-state index contributed by atoms with van der Waals surface area (Å²) in [6.45, 7) is 6.78. The van der Waals surface area contributed by atoms with Crippen molar-refractivity contribution in [1.29, 1.82) is 0 Å². The zero-order chi connectivity index (χ0) is 15.6. The molecule has 0 saturated heterocycles. The highest BCUT2D eigenvalue weighted by atomic mass is 79.9. The average molecular weight is 416 g/mol. The first-order valence-corrected chi connectivity index (χ1v) is 9.03. The molecule has 2 heteroatoms. The van der Waals surface area contributed by atoms with E-state index in [1.807, 2.05) is 0 Å². The molecule has 0 aliphatic heterocycles. The first-order valence-electron chi connectivity index (χ1n) is 7.44. The first kappa shape index (κ1) is 14.5. The van der Waals surface area contributed by atoms with Gasteiger partial charge in [0.2, 0.25) is 0 Å². The fraction of sp³-hybridized carbons (Fsp3) is 0.200. The molecule has 4 aromatic carbocycles. The number of hydrogen-bond donors (Lipinski definition) is 0. The zero-order valence-electron chi connectivity index (χ0n) is 12.8. The predicted molar refractivity (Wildman–Crippen MR) is 104 cm³/mol. The monoisotopic (exact) mass is 414 g/mol. The highest BCUT2D eigenvalue weighted by Crippen LogP contribution is 2.47. The van der Waals surface area contributed by atoms with Crippen LogP contribution in [0.15, 0.2) is 51.4 Å². The number of hydrogen-bond acceptors (Lipinski definition) is 0. The van der Waals surface area contributed by atoms with Crippen LogP contribution in [0.1, 0.15) is 26.3 Å². The molecule has 0 aliphatic rings. The standard InChI is InChI=1S/C20H16Br2/c1-20(2,3)17-18(21)13-9-7-11-5-4-6-12-8-10-14(19(17)22)16(13)15(11)12/h4-10H,1-3H3. The van der Waals surface area contributed by atoms with Gasteiger partial charge in [0.25, 0.3) is 0 Å². The first-order chi connectivity index (χ1) is 10.4. The fourth-order valence-electron chi connectivity index (χ4n) is 3.47. The van der Waals surface area contributed by atoms with Crippen molar-refractivity contribution in [2.75, 3.05) is 0 Å². The molecule has 4 aromatic rings. The van der Waals surface area contributed by atoms with Crippen molar-refractivity contribution in [1.82, 2.24) is 0 Å². The van der Waals surface area contributed by atoms with E-state index in [-0.39, 0.29) is 5.41 Å². The van der Waals surface area contributed by atoms with Crippen molar-refractivity contribution in [3.05, 3.63) is 57.0 Å². The smallest absolute Gasteiger partial charge is 0.0303 e. The lowest BCUT2D eigenvalue weighted by Crippen LogP contribution is -2.13. The molecule has 0 nitrogen and oxygen atoms in total. The molecule has 0 saturated carbocycles. The van der Waals surface area contributed by atoms with Gasteiger partial charge in [-0.05, 0) is 75.2 Å². The molecule has 0 aromatic heterocycles. The molecular formula is C20H16Br2. The third kappa shape index (κ3) is 1.87. The van der Waals surface area contributed by atoms with E-state index >= 15 is 0 Å². The average Bonchev–Trinajstić information content (AvgIpc) is 2.46. The second-order valence-corrected chi connectivity index (χ2v) is 8.52. The van der Waals surface area contributed by atoms with Crippen LogP contribution in [0.25, 0.3) is 32.3 Å². The van der Waals surface area contributed by atoms with Crippen LogP contribution in [0.2, 0.25) is 0 Å². The summed E-state index contributed by atoms with van der Waals surface area (Å²) in [7, 11) is 0. The minimum atomic E-state index is 0.0715. The normalized spacial score (nSPS) is 12.8. The van der Waals surface area contributed by atoms with Crippen LogP contribution in [0.4, 0.5) is 0 Å². The van der Waals surface area contributed by atoms with Crippen LogP contribution < -0.4 is 0 Å². The molecule has 0 heterocycles. The lowest BCUT2D eigenvalue weighted by atomic mass is 9.83. The second-order valence-electron chi connectivity index (χ2n) is 6.93. The summed E-state index contributed by atoms with van der Waals surface area (Å²) in [6, 6.07) is 15.5. The molecule has 22 heavy (non-hydrogen) atoms. The number of benzene rings is 4. The third-order valence-electron chi connectivity index (χ3n) is 4.44. The number of halogens is 2. The van der Waals surface area contributed by atoms with Gasteiger partial charge in [-0.25, -0.2) is 0 Å². The lowest BCUT2D eigenvalue weighted by Gasteiger charge is -2.26. The van der Waals surface area contributed by atoms with Gasteiger partial charge >= 0.3 is 0 Å². The summed E-state index contributed by atoms with van der Waals surface area (Å²) in [6.07, 6.45) is 0. The molecular weight excluding hydrogens is 400 g/mol. The Morgan fingerprint density at radius 3 is 1.64 bits per heavy atom. The van der Waals surface area contributed by atoms with Gasteiger partial charge in [-0.2, -0.15) is 0 Å². The third-order valence-corrected chi connectivity index (χ3v) is 6.09. The van der Waals surface area contributed by atoms with E-state index in [4.69, 9.17) is 0 Å². The van der Waals surface area contributed by atoms with Gasteiger partial charge in [0.15, 0.2) is 0 Å². The van der Waals surface area contributed by atoms with Gasteiger partial charge in [-0.15, -0.1) is 0 Å². The molecule has 0 unspecified atom stereocenters. The highest BCUT2D eigenvalue weighted by Gasteiger charge is 2.25. The Morgan fingerprint density at radius 2 is 1.18 bits per heavy atom. The second kappa shape index (κ2) is 4.69. The van der Waals surface area contributed by atoms with E-state index in [2.05, 4.69) is 95.1 Å². The van der Waals surface area contributed by atoms with Crippen molar-refractivity contribution in [3.63, 3.8) is 0 Å². The van der Waals surface area contributed by atoms with E-state index in [1.165, 1.54) is 46.8 Å². The molecule has 0 fully saturated rings. The van der Waals surface area contributed by atoms with E-state index in [0.717, 1.165) is 0 Å². The maximum Gasteiger partial charge on any atom is 0.0303 e. The van der Waals surface area contributed by atoms with Crippen molar-refractivity contribution in [2.45, 2.75) is 26.2 Å². The van der Waals surface area contributed by atoms with Crippen molar-refractivity contribution in [2.24, 2.45) is 0 Å². The summed E-state index contributed by atoms with van der Waals surface area (Å²) in [5.41, 5.74) is 1.40. The molecule has 0 aliphatic carbocycles. The van der Waals surface area contributed by atoms with Gasteiger partial charge in [0, 0.05) is 8.95 Å². The summed E-state index contributed by atoms with van der Waals surface area (Å²) < 4.78 is 2.41. The van der Waals surface area contributed by atoms with Gasteiger partial charge in [0.05, 0.1) is 0 Å². The van der Waals surface area contributed by atoms with Gasteiger partial charge in [0.1, 0.15) is 0 Å². The summed E-state index contributed by atoms with van der Waals surface area (Å²) in [4.78, 5) is 0. The van der Waals surface area contributed by atoms with Crippen LogP contribution in [-0.2, 0) is 5.41 Å². The van der Waals surface area contributed by atoms with Crippen molar-refractivity contribution in [3.8, 4) is 0 Å². The Labute approximate surface area is 147 Å². The van der Waals surface area contributed by atoms with Crippen LogP contribution in [0.3, 0.4) is 0 Å². The Hall–Kier alpha value is -1.12.